The van der Waals surface area contributed by atoms with E-state index >= 15 is 0 Å². The lowest BCUT2D eigenvalue weighted by molar-refractivity contribution is 0.565. The summed E-state index contributed by atoms with van der Waals surface area (Å²) >= 11 is 1.37. The van der Waals surface area contributed by atoms with Crippen molar-refractivity contribution in [2.24, 2.45) is 5.73 Å². The highest BCUT2D eigenvalue weighted by molar-refractivity contribution is 7.99. The van der Waals surface area contributed by atoms with Crippen LogP contribution in [-0.2, 0) is 0 Å². The van der Waals surface area contributed by atoms with Gasteiger partial charge >= 0.3 is 0 Å². The maximum atomic E-state index is 7.73. The molecule has 2 heterocycles. The van der Waals surface area contributed by atoms with Crippen LogP contribution in [0.5, 0.6) is 0 Å². The number of tetrazole rings is 1. The zero-order valence-electron chi connectivity index (χ0n) is 11.3. The molecule has 2 aromatic rings. The lowest BCUT2D eigenvalue weighted by atomic mass is 10.1. The summed E-state index contributed by atoms with van der Waals surface area (Å²) in [6, 6.07) is 2.32. The molecule has 0 atom stereocenters. The molecule has 0 aromatic carbocycles. The van der Waals surface area contributed by atoms with Crippen LogP contribution in [0.2, 0.25) is 0 Å². The molecule has 1 fully saturated rings. The lowest BCUT2D eigenvalue weighted by Gasteiger charge is -2.11. The normalized spacial score (nSPS) is 14.5. The van der Waals surface area contributed by atoms with E-state index in [1.807, 2.05) is 24.6 Å². The summed E-state index contributed by atoms with van der Waals surface area (Å²) in [6.07, 6.45) is 2.22. The van der Waals surface area contributed by atoms with Crippen LogP contribution in [-0.4, -0.2) is 31.0 Å². The van der Waals surface area contributed by atoms with Crippen molar-refractivity contribution in [3.63, 3.8) is 0 Å². The van der Waals surface area contributed by atoms with Gasteiger partial charge in [0.1, 0.15) is 10.9 Å². The first-order valence-corrected chi connectivity index (χ1v) is 7.16. The Morgan fingerprint density at radius 1 is 1.45 bits per heavy atom. The third-order valence-corrected chi connectivity index (χ3v) is 4.06. The first-order chi connectivity index (χ1) is 9.56. The van der Waals surface area contributed by atoms with Crippen LogP contribution >= 0.6 is 11.8 Å². The second kappa shape index (κ2) is 4.86. The van der Waals surface area contributed by atoms with Gasteiger partial charge in [-0.15, -0.1) is 5.10 Å². The Balaban J connectivity index is 2.01. The van der Waals surface area contributed by atoms with Gasteiger partial charge in [0.15, 0.2) is 0 Å². The molecule has 7 nitrogen and oxygen atoms in total. The average molecular weight is 289 g/mol. The van der Waals surface area contributed by atoms with E-state index in [2.05, 4.69) is 20.5 Å². The van der Waals surface area contributed by atoms with Gasteiger partial charge in [-0.1, -0.05) is 0 Å². The van der Waals surface area contributed by atoms with E-state index in [9.17, 15) is 0 Å². The minimum Gasteiger partial charge on any atom is -0.384 e. The Bertz CT molecular complexity index is 674. The second-order valence-corrected chi connectivity index (χ2v) is 5.87. The minimum absolute atomic E-state index is 0.0166. The molecule has 2 aromatic heterocycles. The molecule has 0 unspecified atom stereocenters. The highest BCUT2D eigenvalue weighted by atomic mass is 32.2. The lowest BCUT2D eigenvalue weighted by Crippen LogP contribution is -2.15. The molecule has 1 aliphatic rings. The van der Waals surface area contributed by atoms with Gasteiger partial charge in [0, 0.05) is 5.69 Å². The van der Waals surface area contributed by atoms with E-state index in [-0.39, 0.29) is 5.84 Å². The highest BCUT2D eigenvalue weighted by Crippen LogP contribution is 2.38. The van der Waals surface area contributed by atoms with Gasteiger partial charge in [0.2, 0.25) is 5.16 Å². The zero-order valence-corrected chi connectivity index (χ0v) is 12.1. The van der Waals surface area contributed by atoms with Crippen LogP contribution in [0.1, 0.15) is 35.7 Å². The van der Waals surface area contributed by atoms with Crippen molar-refractivity contribution >= 4 is 17.6 Å². The van der Waals surface area contributed by atoms with Crippen LogP contribution in [0.4, 0.5) is 0 Å². The molecule has 0 amide bonds. The van der Waals surface area contributed by atoms with Gasteiger partial charge in [-0.2, -0.15) is 0 Å². The summed E-state index contributed by atoms with van der Waals surface area (Å²) in [7, 11) is 0. The summed E-state index contributed by atoms with van der Waals surface area (Å²) in [5.74, 6) is 0.0166. The number of rotatable bonds is 4. The van der Waals surface area contributed by atoms with Crippen molar-refractivity contribution in [2.75, 3.05) is 0 Å². The van der Waals surface area contributed by atoms with Crippen LogP contribution in [0.25, 0.3) is 0 Å². The maximum absolute atomic E-state index is 7.73. The number of hydrogen-bond donors (Lipinski definition) is 2. The molecule has 1 aliphatic carbocycles. The number of aryl methyl sites for hydroxylation is 2. The molecular formula is C12H15N7S. The van der Waals surface area contributed by atoms with Gasteiger partial charge < -0.3 is 5.73 Å². The Kier molecular flexibility index (Phi) is 3.17. The first kappa shape index (κ1) is 13.0. The van der Waals surface area contributed by atoms with E-state index < -0.39 is 0 Å². The summed E-state index contributed by atoms with van der Waals surface area (Å²) in [6.45, 7) is 3.85. The van der Waals surface area contributed by atoms with Crippen LogP contribution < -0.4 is 5.73 Å². The Morgan fingerprint density at radius 2 is 2.20 bits per heavy atom. The summed E-state index contributed by atoms with van der Waals surface area (Å²) in [5, 5.41) is 20.9. The molecular weight excluding hydrogens is 274 g/mol. The predicted molar refractivity (Wildman–Crippen MR) is 74.9 cm³/mol. The Morgan fingerprint density at radius 3 is 2.85 bits per heavy atom. The molecule has 0 saturated heterocycles. The molecule has 0 spiro atoms. The summed E-state index contributed by atoms with van der Waals surface area (Å²) in [5.41, 5.74) is 8.17. The fraction of sp³-hybridized carbons (Fsp3) is 0.417. The number of aromatic nitrogens is 5. The molecule has 0 bridgehead atoms. The van der Waals surface area contributed by atoms with Gasteiger partial charge in [-0.25, -0.2) is 9.67 Å². The van der Waals surface area contributed by atoms with Crippen LogP contribution in [0.15, 0.2) is 16.2 Å². The van der Waals surface area contributed by atoms with E-state index in [1.165, 1.54) is 11.8 Å². The maximum Gasteiger partial charge on any atom is 0.215 e. The number of amidine groups is 1. The predicted octanol–water partition coefficient (Wildman–Crippen LogP) is 1.46. The minimum atomic E-state index is 0.0166. The number of nitrogens with two attached hydrogens (primary N) is 1. The van der Waals surface area contributed by atoms with Crippen LogP contribution in [0.3, 0.4) is 0 Å². The molecule has 3 N–H and O–H groups in total. The van der Waals surface area contributed by atoms with Gasteiger partial charge in [-0.05, 0) is 60.5 Å². The van der Waals surface area contributed by atoms with E-state index in [1.54, 1.807) is 0 Å². The fourth-order valence-corrected chi connectivity index (χ4v) is 3.18. The summed E-state index contributed by atoms with van der Waals surface area (Å²) < 4.78 is 1.83. The number of nitrogen functional groups attached to an aromatic ring is 1. The summed E-state index contributed by atoms with van der Waals surface area (Å²) in [4.78, 5) is 4.48. The van der Waals surface area contributed by atoms with Crippen molar-refractivity contribution in [2.45, 2.75) is 42.9 Å². The van der Waals surface area contributed by atoms with Gasteiger partial charge in [0.05, 0.1) is 11.6 Å². The molecule has 1 saturated carbocycles. The fourth-order valence-electron chi connectivity index (χ4n) is 2.09. The quantitative estimate of drug-likeness (QED) is 0.652. The molecule has 104 valence electrons. The van der Waals surface area contributed by atoms with Crippen molar-refractivity contribution in [1.82, 2.24) is 25.2 Å². The highest BCUT2D eigenvalue weighted by Gasteiger charge is 2.28. The van der Waals surface area contributed by atoms with Crippen molar-refractivity contribution < 1.29 is 0 Å². The average Bonchev–Trinajstić information content (AvgIpc) is 3.09. The molecule has 20 heavy (non-hydrogen) atoms. The van der Waals surface area contributed by atoms with E-state index in [4.69, 9.17) is 11.1 Å². The standard InChI is InChI=1S/C12H15N7S/c1-6-5-7(2)15-11(9(6)10(13)14)20-12-16-17-18-19(12)8-3-4-8/h5,8H,3-4H2,1-2H3,(H3,13,14). The topological polar surface area (TPSA) is 106 Å². The molecule has 8 heteroatoms. The Labute approximate surface area is 120 Å². The first-order valence-electron chi connectivity index (χ1n) is 6.34. The number of hydrogen-bond acceptors (Lipinski definition) is 6. The smallest absolute Gasteiger partial charge is 0.215 e. The molecule has 0 radical (unpaired) electrons. The van der Waals surface area contributed by atoms with Crippen molar-refractivity contribution in [3.8, 4) is 0 Å². The number of pyridine rings is 1. The third-order valence-electron chi connectivity index (χ3n) is 3.12. The van der Waals surface area contributed by atoms with Crippen molar-refractivity contribution in [1.29, 1.82) is 5.41 Å². The monoisotopic (exact) mass is 289 g/mol. The Hall–Kier alpha value is -1.96. The largest absolute Gasteiger partial charge is 0.384 e. The zero-order chi connectivity index (χ0) is 14.3. The number of nitrogens with one attached hydrogen (secondary N) is 1. The van der Waals surface area contributed by atoms with Gasteiger partial charge in [0.25, 0.3) is 0 Å². The molecule has 3 rings (SSSR count). The van der Waals surface area contributed by atoms with E-state index in [0.717, 1.165) is 24.1 Å². The third kappa shape index (κ3) is 2.38. The SMILES string of the molecule is Cc1cc(C)c(C(=N)N)c(Sc2nnnn2C2CC2)n1. The van der Waals surface area contributed by atoms with Crippen molar-refractivity contribution in [3.05, 3.63) is 22.9 Å². The second-order valence-electron chi connectivity index (χ2n) is 4.91. The van der Waals surface area contributed by atoms with E-state index in [0.29, 0.717) is 21.8 Å². The van der Waals surface area contributed by atoms with Gasteiger partial charge in [-0.3, -0.25) is 5.41 Å². The number of nitrogens with zero attached hydrogens (tertiary/aromatic N) is 5. The van der Waals surface area contributed by atoms with Crippen LogP contribution in [0, 0.1) is 19.3 Å². The molecule has 0 aliphatic heterocycles.